The predicted molar refractivity (Wildman–Crippen MR) is 95.2 cm³/mol. The molecule has 2 aromatic rings. The minimum atomic E-state index is -3.72. The first-order valence-electron chi connectivity index (χ1n) is 6.79. The van der Waals surface area contributed by atoms with E-state index in [1.54, 1.807) is 30.3 Å². The summed E-state index contributed by atoms with van der Waals surface area (Å²) in [4.78, 5) is 11.9. The van der Waals surface area contributed by atoms with Gasteiger partial charge >= 0.3 is 0 Å². The molecule has 0 spiro atoms. The summed E-state index contributed by atoms with van der Waals surface area (Å²) in [6.07, 6.45) is 2.86. The molecule has 0 aromatic heterocycles. The summed E-state index contributed by atoms with van der Waals surface area (Å²) in [6.45, 7) is 0.240. The van der Waals surface area contributed by atoms with Gasteiger partial charge in [0.2, 0.25) is 15.9 Å². The van der Waals surface area contributed by atoms with Crippen LogP contribution in [0.2, 0.25) is 10.0 Å². The molecule has 2 rings (SSSR count). The molecule has 3 N–H and O–H groups in total. The summed E-state index contributed by atoms with van der Waals surface area (Å²) in [6, 6.07) is 11.0. The number of nitrogens with two attached hydrogens (primary N) is 1. The zero-order valence-corrected chi connectivity index (χ0v) is 14.7. The molecule has 0 aliphatic heterocycles. The fourth-order valence-electron chi connectivity index (χ4n) is 1.87. The quantitative estimate of drug-likeness (QED) is 0.776. The van der Waals surface area contributed by atoms with Gasteiger partial charge in [-0.05, 0) is 35.9 Å². The zero-order valence-electron chi connectivity index (χ0n) is 12.4. The number of carbonyl (C=O) groups is 1. The van der Waals surface area contributed by atoms with E-state index in [2.05, 4.69) is 5.32 Å². The second-order valence-electron chi connectivity index (χ2n) is 4.88. The van der Waals surface area contributed by atoms with E-state index in [4.69, 9.17) is 28.3 Å². The van der Waals surface area contributed by atoms with Crippen molar-refractivity contribution in [3.8, 4) is 0 Å². The maximum atomic E-state index is 11.8. The molecule has 0 aliphatic rings. The highest BCUT2D eigenvalue weighted by molar-refractivity contribution is 7.89. The minimum absolute atomic E-state index is 0.0193. The van der Waals surface area contributed by atoms with Gasteiger partial charge in [-0.2, -0.15) is 0 Å². The number of rotatable bonds is 5. The molecule has 0 radical (unpaired) electrons. The highest BCUT2D eigenvalue weighted by Gasteiger charge is 2.07. The Bertz CT molecular complexity index is 858. The van der Waals surface area contributed by atoms with E-state index in [1.807, 2.05) is 0 Å². The van der Waals surface area contributed by atoms with Gasteiger partial charge in [-0.3, -0.25) is 4.79 Å². The second-order valence-corrected chi connectivity index (χ2v) is 7.25. The van der Waals surface area contributed by atoms with Crippen molar-refractivity contribution in [1.29, 1.82) is 0 Å². The molecule has 2 aromatic carbocycles. The van der Waals surface area contributed by atoms with Crippen molar-refractivity contribution in [3.05, 3.63) is 69.7 Å². The summed E-state index contributed by atoms with van der Waals surface area (Å²) in [7, 11) is -3.72. The van der Waals surface area contributed by atoms with Crippen LogP contribution in [0.5, 0.6) is 0 Å². The standard InChI is InChI=1S/C16H14Cl2N2O3S/c17-14-2-1-3-15(18)13(14)8-9-16(21)20-10-11-4-6-12(7-5-11)24(19,22)23/h1-9H,10H2,(H,20,21)(H2,19,22,23). The number of benzene rings is 2. The molecule has 24 heavy (non-hydrogen) atoms. The number of primary sulfonamides is 1. The molecule has 0 unspecified atom stereocenters. The number of amides is 1. The summed E-state index contributed by atoms with van der Waals surface area (Å²) in [5, 5.41) is 8.59. The number of nitrogens with one attached hydrogen (secondary N) is 1. The first-order valence-corrected chi connectivity index (χ1v) is 9.09. The Morgan fingerprint density at radius 1 is 1.08 bits per heavy atom. The predicted octanol–water partition coefficient (Wildman–Crippen LogP) is 2.97. The van der Waals surface area contributed by atoms with Crippen LogP contribution in [0.4, 0.5) is 0 Å². The van der Waals surface area contributed by atoms with Gasteiger partial charge in [0.1, 0.15) is 0 Å². The zero-order chi connectivity index (χ0) is 17.7. The van der Waals surface area contributed by atoms with E-state index in [1.165, 1.54) is 24.3 Å². The SMILES string of the molecule is NS(=O)(=O)c1ccc(CNC(=O)C=Cc2c(Cl)cccc2Cl)cc1. The minimum Gasteiger partial charge on any atom is -0.348 e. The van der Waals surface area contributed by atoms with Crippen molar-refractivity contribution >= 4 is 45.2 Å². The molecule has 1 amide bonds. The van der Waals surface area contributed by atoms with Crippen LogP contribution in [0.15, 0.2) is 53.4 Å². The Balaban J connectivity index is 1.97. The van der Waals surface area contributed by atoms with Gasteiger partial charge in [-0.15, -0.1) is 0 Å². The van der Waals surface area contributed by atoms with Crippen LogP contribution in [0.25, 0.3) is 6.08 Å². The van der Waals surface area contributed by atoms with E-state index >= 15 is 0 Å². The van der Waals surface area contributed by atoms with Crippen molar-refractivity contribution in [2.24, 2.45) is 5.14 Å². The third-order valence-corrected chi connectivity index (χ3v) is 4.71. The van der Waals surface area contributed by atoms with Crippen LogP contribution in [0.1, 0.15) is 11.1 Å². The first kappa shape index (κ1) is 18.5. The molecular formula is C16H14Cl2N2O3S. The Morgan fingerprint density at radius 3 is 2.21 bits per heavy atom. The lowest BCUT2D eigenvalue weighted by Crippen LogP contribution is -2.20. The topological polar surface area (TPSA) is 89.3 Å². The van der Waals surface area contributed by atoms with Crippen molar-refractivity contribution < 1.29 is 13.2 Å². The smallest absolute Gasteiger partial charge is 0.244 e. The Kier molecular flexibility index (Phi) is 6.01. The van der Waals surface area contributed by atoms with E-state index in [-0.39, 0.29) is 17.3 Å². The summed E-state index contributed by atoms with van der Waals surface area (Å²) in [5.41, 5.74) is 1.30. The van der Waals surface area contributed by atoms with E-state index in [0.29, 0.717) is 15.6 Å². The van der Waals surface area contributed by atoms with Crippen molar-refractivity contribution in [1.82, 2.24) is 5.32 Å². The summed E-state index contributed by atoms with van der Waals surface area (Å²) < 4.78 is 22.3. The molecule has 5 nitrogen and oxygen atoms in total. The molecule has 0 aliphatic carbocycles. The summed E-state index contributed by atoms with van der Waals surface area (Å²) >= 11 is 12.0. The van der Waals surface area contributed by atoms with Crippen LogP contribution < -0.4 is 10.5 Å². The molecule has 0 saturated carbocycles. The van der Waals surface area contributed by atoms with Crippen LogP contribution in [0, 0.1) is 0 Å². The van der Waals surface area contributed by atoms with Gasteiger partial charge in [0, 0.05) is 28.2 Å². The van der Waals surface area contributed by atoms with Gasteiger partial charge in [0.25, 0.3) is 0 Å². The second kappa shape index (κ2) is 7.81. The monoisotopic (exact) mass is 384 g/mol. The highest BCUT2D eigenvalue weighted by atomic mass is 35.5. The third kappa shape index (κ3) is 5.07. The Labute approximate surface area is 150 Å². The molecule has 0 fully saturated rings. The first-order chi connectivity index (χ1) is 11.3. The normalized spacial score (nSPS) is 11.6. The maximum Gasteiger partial charge on any atom is 0.244 e. The maximum absolute atomic E-state index is 11.8. The summed E-state index contributed by atoms with van der Waals surface area (Å²) in [5.74, 6) is -0.332. The Morgan fingerprint density at radius 2 is 1.67 bits per heavy atom. The lowest BCUT2D eigenvalue weighted by atomic mass is 10.2. The average Bonchev–Trinajstić information content (AvgIpc) is 2.52. The largest absolute Gasteiger partial charge is 0.348 e. The molecule has 0 atom stereocenters. The van der Waals surface area contributed by atoms with Crippen LogP contribution in [0.3, 0.4) is 0 Å². The van der Waals surface area contributed by atoms with Gasteiger partial charge in [0.05, 0.1) is 4.90 Å². The van der Waals surface area contributed by atoms with Crippen molar-refractivity contribution in [2.75, 3.05) is 0 Å². The van der Waals surface area contributed by atoms with E-state index in [0.717, 1.165) is 5.56 Å². The molecule has 0 bridgehead atoms. The van der Waals surface area contributed by atoms with Crippen LogP contribution in [-0.2, 0) is 21.4 Å². The van der Waals surface area contributed by atoms with Gasteiger partial charge in [-0.1, -0.05) is 41.4 Å². The van der Waals surface area contributed by atoms with Crippen LogP contribution >= 0.6 is 23.2 Å². The number of halogens is 2. The molecular weight excluding hydrogens is 371 g/mol. The lowest BCUT2D eigenvalue weighted by Gasteiger charge is -2.04. The molecule has 0 saturated heterocycles. The van der Waals surface area contributed by atoms with E-state index < -0.39 is 10.0 Å². The lowest BCUT2D eigenvalue weighted by molar-refractivity contribution is -0.116. The molecule has 8 heteroatoms. The molecule has 0 heterocycles. The van der Waals surface area contributed by atoms with Crippen molar-refractivity contribution in [2.45, 2.75) is 11.4 Å². The van der Waals surface area contributed by atoms with Crippen molar-refractivity contribution in [3.63, 3.8) is 0 Å². The van der Waals surface area contributed by atoms with E-state index in [9.17, 15) is 13.2 Å². The number of sulfonamides is 1. The van der Waals surface area contributed by atoms with Gasteiger partial charge < -0.3 is 5.32 Å². The van der Waals surface area contributed by atoms with Gasteiger partial charge in [0.15, 0.2) is 0 Å². The fourth-order valence-corrected chi connectivity index (χ4v) is 2.91. The third-order valence-electron chi connectivity index (χ3n) is 3.12. The number of hydrogen-bond donors (Lipinski definition) is 2. The highest BCUT2D eigenvalue weighted by Crippen LogP contribution is 2.25. The number of hydrogen-bond acceptors (Lipinski definition) is 3. The fraction of sp³-hybridized carbons (Fsp3) is 0.0625. The van der Waals surface area contributed by atoms with Gasteiger partial charge in [-0.25, -0.2) is 13.6 Å². The number of carbonyl (C=O) groups excluding carboxylic acids is 1. The average molecular weight is 385 g/mol. The van der Waals surface area contributed by atoms with Crippen LogP contribution in [-0.4, -0.2) is 14.3 Å². The Hall–Kier alpha value is -1.86. The molecule has 126 valence electrons.